The molecule has 0 bridgehead atoms. The molecule has 0 aliphatic rings. The number of amides is 1. The predicted octanol–water partition coefficient (Wildman–Crippen LogP) is 3.22. The molecule has 112 valence electrons. The third-order valence-corrected chi connectivity index (χ3v) is 3.02. The molecule has 2 rings (SSSR count). The van der Waals surface area contributed by atoms with Gasteiger partial charge in [0.2, 0.25) is 5.91 Å². The smallest absolute Gasteiger partial charge is 0.250 e. The van der Waals surface area contributed by atoms with E-state index in [9.17, 15) is 4.79 Å². The molecule has 0 unspecified atom stereocenters. The summed E-state index contributed by atoms with van der Waals surface area (Å²) in [5, 5.41) is 5.77. The molecule has 2 aromatic rings. The van der Waals surface area contributed by atoms with Gasteiger partial charge in [-0.3, -0.25) is 10.1 Å². The lowest BCUT2D eigenvalue weighted by molar-refractivity contribution is -0.115. The maximum absolute atomic E-state index is 11.8. The van der Waals surface area contributed by atoms with Crippen molar-refractivity contribution >= 4 is 35.0 Å². The maximum Gasteiger partial charge on any atom is 0.250 e. The summed E-state index contributed by atoms with van der Waals surface area (Å²) >= 11 is 5.10. The number of carbonyl (C=O) groups is 1. The van der Waals surface area contributed by atoms with Gasteiger partial charge in [-0.15, -0.1) is 0 Å². The Balaban J connectivity index is 1.85. The Morgan fingerprint density at radius 1 is 1.09 bits per heavy atom. The van der Waals surface area contributed by atoms with Crippen molar-refractivity contribution in [2.24, 2.45) is 0 Å². The predicted molar refractivity (Wildman–Crippen MR) is 92.8 cm³/mol. The van der Waals surface area contributed by atoms with E-state index in [4.69, 9.17) is 17.0 Å². The van der Waals surface area contributed by atoms with Crippen molar-refractivity contribution < 1.29 is 9.53 Å². The largest absolute Gasteiger partial charge is 0.497 e. The molecule has 0 spiro atoms. The van der Waals surface area contributed by atoms with E-state index < -0.39 is 0 Å². The van der Waals surface area contributed by atoms with E-state index in [2.05, 4.69) is 10.6 Å². The Labute approximate surface area is 134 Å². The molecular weight excluding hydrogens is 296 g/mol. The van der Waals surface area contributed by atoms with Crippen molar-refractivity contribution in [2.45, 2.75) is 0 Å². The van der Waals surface area contributed by atoms with E-state index in [0.29, 0.717) is 0 Å². The molecule has 0 aromatic heterocycles. The van der Waals surface area contributed by atoms with E-state index in [1.54, 1.807) is 13.2 Å². The minimum absolute atomic E-state index is 0.243. The van der Waals surface area contributed by atoms with Crippen molar-refractivity contribution in [1.29, 1.82) is 0 Å². The SMILES string of the molecule is COc1ccc(NC(=S)NC(=O)/C=C/c2ccccc2)cc1. The number of rotatable bonds is 4. The number of hydrogen-bond acceptors (Lipinski definition) is 3. The van der Waals surface area contributed by atoms with Gasteiger partial charge in [0.25, 0.3) is 0 Å². The molecule has 2 N–H and O–H groups in total. The Morgan fingerprint density at radius 2 is 1.77 bits per heavy atom. The second-order valence-corrected chi connectivity index (χ2v) is 4.82. The highest BCUT2D eigenvalue weighted by Gasteiger charge is 2.01. The van der Waals surface area contributed by atoms with Gasteiger partial charge in [-0.2, -0.15) is 0 Å². The Hall–Kier alpha value is -2.66. The fourth-order valence-electron chi connectivity index (χ4n) is 1.73. The monoisotopic (exact) mass is 312 g/mol. The lowest BCUT2D eigenvalue weighted by Crippen LogP contribution is -2.32. The van der Waals surface area contributed by atoms with E-state index in [-0.39, 0.29) is 11.0 Å². The quantitative estimate of drug-likeness (QED) is 0.672. The fourth-order valence-corrected chi connectivity index (χ4v) is 1.94. The summed E-state index contributed by atoms with van der Waals surface area (Å²) in [6.45, 7) is 0. The summed E-state index contributed by atoms with van der Waals surface area (Å²) in [7, 11) is 1.60. The molecule has 0 radical (unpaired) electrons. The number of benzene rings is 2. The van der Waals surface area contributed by atoms with Gasteiger partial charge in [0.15, 0.2) is 5.11 Å². The summed E-state index contributed by atoms with van der Waals surface area (Å²) in [4.78, 5) is 11.8. The van der Waals surface area contributed by atoms with E-state index in [1.165, 1.54) is 6.08 Å². The van der Waals surface area contributed by atoms with Crippen LogP contribution in [0.3, 0.4) is 0 Å². The molecule has 1 amide bonds. The fraction of sp³-hybridized carbons (Fsp3) is 0.0588. The summed E-state index contributed by atoms with van der Waals surface area (Å²) in [5.41, 5.74) is 1.73. The molecule has 0 fully saturated rings. The standard InChI is InChI=1S/C17H16N2O2S/c1-21-15-10-8-14(9-11-15)18-17(22)19-16(20)12-7-13-5-3-2-4-6-13/h2-12H,1H3,(H2,18,19,20,22)/b12-7+. The zero-order valence-corrected chi connectivity index (χ0v) is 12.9. The molecule has 4 nitrogen and oxygen atoms in total. The maximum atomic E-state index is 11.8. The average molecular weight is 312 g/mol. The number of nitrogens with one attached hydrogen (secondary N) is 2. The number of hydrogen-bond donors (Lipinski definition) is 2. The molecule has 0 saturated heterocycles. The van der Waals surface area contributed by atoms with Crippen LogP contribution in [0.5, 0.6) is 5.75 Å². The van der Waals surface area contributed by atoms with E-state index in [0.717, 1.165) is 17.0 Å². The lowest BCUT2D eigenvalue weighted by atomic mass is 10.2. The van der Waals surface area contributed by atoms with Gasteiger partial charge in [-0.1, -0.05) is 30.3 Å². The Kier molecular flexibility index (Phi) is 5.68. The first-order valence-corrected chi connectivity index (χ1v) is 7.07. The third-order valence-electron chi connectivity index (χ3n) is 2.81. The topological polar surface area (TPSA) is 50.4 Å². The second kappa shape index (κ2) is 7.95. The highest BCUT2D eigenvalue weighted by molar-refractivity contribution is 7.80. The molecule has 0 aliphatic carbocycles. The molecule has 0 atom stereocenters. The number of anilines is 1. The van der Waals surface area contributed by atoms with Gasteiger partial charge in [-0.05, 0) is 48.1 Å². The molecule has 5 heteroatoms. The van der Waals surface area contributed by atoms with Crippen molar-refractivity contribution in [3.8, 4) is 5.75 Å². The molecular formula is C17H16N2O2S. The zero-order valence-electron chi connectivity index (χ0n) is 12.1. The van der Waals surface area contributed by atoms with Crippen molar-refractivity contribution in [2.75, 3.05) is 12.4 Å². The van der Waals surface area contributed by atoms with Crippen molar-refractivity contribution in [1.82, 2.24) is 5.32 Å². The van der Waals surface area contributed by atoms with Crippen LogP contribution in [0, 0.1) is 0 Å². The van der Waals surface area contributed by atoms with Crippen LogP contribution in [0.15, 0.2) is 60.7 Å². The van der Waals surface area contributed by atoms with Crippen molar-refractivity contribution in [3.05, 3.63) is 66.2 Å². The van der Waals surface area contributed by atoms with Crippen LogP contribution in [0.25, 0.3) is 6.08 Å². The molecule has 22 heavy (non-hydrogen) atoms. The van der Waals surface area contributed by atoms with Crippen molar-refractivity contribution in [3.63, 3.8) is 0 Å². The van der Waals surface area contributed by atoms with Crippen LogP contribution >= 0.6 is 12.2 Å². The first-order chi connectivity index (χ1) is 10.7. The third kappa shape index (κ3) is 5.03. The minimum atomic E-state index is -0.283. The molecule has 0 saturated carbocycles. The Morgan fingerprint density at radius 3 is 2.41 bits per heavy atom. The highest BCUT2D eigenvalue weighted by atomic mass is 32.1. The summed E-state index contributed by atoms with van der Waals surface area (Å²) in [6, 6.07) is 16.8. The number of ether oxygens (including phenoxy) is 1. The number of methoxy groups -OCH3 is 1. The summed E-state index contributed by atoms with van der Waals surface area (Å²) < 4.78 is 5.07. The van der Waals surface area contributed by atoms with Gasteiger partial charge >= 0.3 is 0 Å². The lowest BCUT2D eigenvalue weighted by Gasteiger charge is -2.08. The van der Waals surface area contributed by atoms with Gasteiger partial charge in [0.05, 0.1) is 7.11 Å². The summed E-state index contributed by atoms with van der Waals surface area (Å²) in [5.74, 6) is 0.473. The minimum Gasteiger partial charge on any atom is -0.497 e. The number of thiocarbonyl (C=S) groups is 1. The van der Waals surface area contributed by atoms with E-state index in [1.807, 2.05) is 54.6 Å². The first kappa shape index (κ1) is 15.7. The van der Waals surface area contributed by atoms with Crippen LogP contribution in [-0.4, -0.2) is 18.1 Å². The van der Waals surface area contributed by atoms with Gasteiger partial charge in [-0.25, -0.2) is 0 Å². The highest BCUT2D eigenvalue weighted by Crippen LogP contribution is 2.14. The molecule has 0 aliphatic heterocycles. The summed E-state index contributed by atoms with van der Waals surface area (Å²) in [6.07, 6.45) is 3.17. The van der Waals surface area contributed by atoms with Gasteiger partial charge in [0, 0.05) is 11.8 Å². The second-order valence-electron chi connectivity index (χ2n) is 4.42. The van der Waals surface area contributed by atoms with Crippen LogP contribution in [0.2, 0.25) is 0 Å². The Bertz CT molecular complexity index is 667. The van der Waals surface area contributed by atoms with Crippen LogP contribution < -0.4 is 15.4 Å². The van der Waals surface area contributed by atoms with Gasteiger partial charge in [0.1, 0.15) is 5.75 Å². The van der Waals surface area contributed by atoms with Crippen LogP contribution in [0.1, 0.15) is 5.56 Å². The molecule has 2 aromatic carbocycles. The normalized spacial score (nSPS) is 10.2. The zero-order chi connectivity index (χ0) is 15.8. The van der Waals surface area contributed by atoms with Crippen LogP contribution in [0.4, 0.5) is 5.69 Å². The van der Waals surface area contributed by atoms with Crippen LogP contribution in [-0.2, 0) is 4.79 Å². The van der Waals surface area contributed by atoms with Gasteiger partial charge < -0.3 is 10.1 Å². The average Bonchev–Trinajstić information content (AvgIpc) is 2.54. The number of carbonyl (C=O) groups excluding carboxylic acids is 1. The molecule has 0 heterocycles. The van der Waals surface area contributed by atoms with E-state index >= 15 is 0 Å². The first-order valence-electron chi connectivity index (χ1n) is 6.66.